The van der Waals surface area contributed by atoms with Gasteiger partial charge < -0.3 is 4.90 Å². The molecular weight excluding hydrogens is 324 g/mol. The van der Waals surface area contributed by atoms with Crippen LogP contribution in [0.1, 0.15) is 30.4 Å². The molecule has 1 aliphatic rings. The van der Waals surface area contributed by atoms with Crippen LogP contribution in [0.3, 0.4) is 0 Å². The predicted octanol–water partition coefficient (Wildman–Crippen LogP) is 3.91. The molecule has 0 N–H and O–H groups in total. The molecule has 3 rings (SSSR count). The average Bonchev–Trinajstić information content (AvgIpc) is 2.57. The largest absolute Gasteiger partial charge is 0.371 e. The minimum absolute atomic E-state index is 0.922. The van der Waals surface area contributed by atoms with Crippen molar-refractivity contribution in [3.8, 4) is 0 Å². The lowest BCUT2D eigenvalue weighted by atomic mass is 10.1. The van der Waals surface area contributed by atoms with E-state index in [9.17, 15) is 0 Å². The van der Waals surface area contributed by atoms with Crippen molar-refractivity contribution in [2.24, 2.45) is 0 Å². The summed E-state index contributed by atoms with van der Waals surface area (Å²) in [6, 6.07) is 13.3. The molecule has 1 fully saturated rings. The third-order valence-corrected chi connectivity index (χ3v) is 4.78. The number of alkyl halides is 1. The van der Waals surface area contributed by atoms with Gasteiger partial charge in [-0.05, 0) is 24.8 Å². The number of rotatable bonds is 4. The summed E-state index contributed by atoms with van der Waals surface area (Å²) < 4.78 is 2.25. The normalized spacial score (nSPS) is 15.2. The van der Waals surface area contributed by atoms with Crippen LogP contribution in [-0.2, 0) is 11.9 Å². The van der Waals surface area contributed by atoms with Crippen LogP contribution in [0.4, 0.5) is 5.69 Å². The van der Waals surface area contributed by atoms with Gasteiger partial charge in [0.05, 0.1) is 0 Å². The smallest absolute Gasteiger partial charge is 0.173 e. The first-order valence-electron chi connectivity index (χ1n) is 7.73. The fourth-order valence-electron chi connectivity index (χ4n) is 2.86. The van der Waals surface area contributed by atoms with Crippen LogP contribution in [0.15, 0.2) is 48.8 Å². The number of benzene rings is 1. The topological polar surface area (TPSA) is 7.12 Å². The molecule has 0 bridgehead atoms. The van der Waals surface area contributed by atoms with Crippen molar-refractivity contribution in [3.63, 3.8) is 0 Å². The Morgan fingerprint density at radius 1 is 0.857 bits per heavy atom. The van der Waals surface area contributed by atoms with E-state index in [1.54, 1.807) is 0 Å². The molecule has 21 heavy (non-hydrogen) atoms. The van der Waals surface area contributed by atoms with Crippen LogP contribution < -0.4 is 9.47 Å². The van der Waals surface area contributed by atoms with Gasteiger partial charge in [0, 0.05) is 41.8 Å². The van der Waals surface area contributed by atoms with Gasteiger partial charge in [-0.1, -0.05) is 40.2 Å². The highest BCUT2D eigenvalue weighted by Crippen LogP contribution is 2.18. The second-order valence-corrected chi connectivity index (χ2v) is 6.29. The number of hydrogen-bond donors (Lipinski definition) is 0. The Labute approximate surface area is 135 Å². The number of hydrogen-bond acceptors (Lipinski definition) is 1. The molecule has 0 atom stereocenters. The second-order valence-electron chi connectivity index (χ2n) is 5.73. The van der Waals surface area contributed by atoms with E-state index in [0.717, 1.165) is 11.9 Å². The van der Waals surface area contributed by atoms with Crippen LogP contribution in [0, 0.1) is 0 Å². The lowest BCUT2D eigenvalue weighted by molar-refractivity contribution is -0.688. The zero-order valence-electron chi connectivity index (χ0n) is 12.3. The van der Waals surface area contributed by atoms with Gasteiger partial charge in [-0.25, -0.2) is 4.57 Å². The molecule has 1 aromatic heterocycles. The quantitative estimate of drug-likeness (QED) is 0.601. The van der Waals surface area contributed by atoms with E-state index in [-0.39, 0.29) is 0 Å². The summed E-state index contributed by atoms with van der Waals surface area (Å²) in [5, 5.41) is 0.922. The molecule has 0 saturated carbocycles. The van der Waals surface area contributed by atoms with Crippen LogP contribution in [0.2, 0.25) is 0 Å². The summed E-state index contributed by atoms with van der Waals surface area (Å²) in [7, 11) is 0. The zero-order valence-corrected chi connectivity index (χ0v) is 13.9. The highest BCUT2D eigenvalue weighted by molar-refractivity contribution is 9.08. The summed E-state index contributed by atoms with van der Waals surface area (Å²) in [5.74, 6) is 0. The summed E-state index contributed by atoms with van der Waals surface area (Å²) in [4.78, 5) is 2.50. The molecule has 0 unspecified atom stereocenters. The van der Waals surface area contributed by atoms with E-state index in [1.807, 2.05) is 0 Å². The Hall–Kier alpha value is -1.35. The Morgan fingerprint density at radius 2 is 1.48 bits per heavy atom. The summed E-state index contributed by atoms with van der Waals surface area (Å²) in [5.41, 5.74) is 4.03. The molecule has 0 radical (unpaired) electrons. The monoisotopic (exact) mass is 345 g/mol. The molecule has 2 nitrogen and oxygen atoms in total. The second kappa shape index (κ2) is 7.08. The molecule has 2 aromatic rings. The molecule has 3 heteroatoms. The minimum atomic E-state index is 0.922. The van der Waals surface area contributed by atoms with Gasteiger partial charge in [0.15, 0.2) is 18.9 Å². The molecule has 0 amide bonds. The highest BCUT2D eigenvalue weighted by atomic mass is 79.9. The summed E-state index contributed by atoms with van der Waals surface area (Å²) in [6.07, 6.45) is 8.43. The van der Waals surface area contributed by atoms with Gasteiger partial charge in [-0.3, -0.25) is 0 Å². The maximum absolute atomic E-state index is 3.48. The molecule has 1 saturated heterocycles. The lowest BCUT2D eigenvalue weighted by Crippen LogP contribution is -2.35. The van der Waals surface area contributed by atoms with Crippen molar-refractivity contribution in [3.05, 3.63) is 59.9 Å². The Bertz CT molecular complexity index is 557. The van der Waals surface area contributed by atoms with Crippen LogP contribution in [0.5, 0.6) is 0 Å². The first kappa shape index (κ1) is 14.6. The first-order chi connectivity index (χ1) is 10.3. The van der Waals surface area contributed by atoms with Crippen LogP contribution in [-0.4, -0.2) is 13.1 Å². The fraction of sp³-hybridized carbons (Fsp3) is 0.389. The number of halogens is 1. The molecular formula is C18H22BrN2+. The van der Waals surface area contributed by atoms with Crippen molar-refractivity contribution in [1.29, 1.82) is 0 Å². The Balaban J connectivity index is 1.65. The molecule has 0 spiro atoms. The van der Waals surface area contributed by atoms with Crippen LogP contribution >= 0.6 is 15.9 Å². The van der Waals surface area contributed by atoms with E-state index in [2.05, 4.69) is 74.2 Å². The highest BCUT2D eigenvalue weighted by Gasteiger charge is 2.12. The van der Waals surface area contributed by atoms with Gasteiger partial charge in [-0.2, -0.15) is 0 Å². The predicted molar refractivity (Wildman–Crippen MR) is 90.9 cm³/mol. The number of aromatic nitrogens is 1. The minimum Gasteiger partial charge on any atom is -0.371 e. The van der Waals surface area contributed by atoms with Crippen LogP contribution in [0.25, 0.3) is 0 Å². The van der Waals surface area contributed by atoms with E-state index in [1.165, 1.54) is 49.2 Å². The SMILES string of the molecule is BrCc1ccc(C[n+]2ccc(N3CCCCC3)cc2)cc1. The average molecular weight is 346 g/mol. The summed E-state index contributed by atoms with van der Waals surface area (Å²) in [6.45, 7) is 3.35. The number of anilines is 1. The molecule has 1 aliphatic heterocycles. The lowest BCUT2D eigenvalue weighted by Gasteiger charge is -2.28. The van der Waals surface area contributed by atoms with Gasteiger partial charge in [-0.15, -0.1) is 0 Å². The fourth-order valence-corrected chi connectivity index (χ4v) is 3.24. The molecule has 0 aliphatic carbocycles. The Kier molecular flexibility index (Phi) is 4.91. The third kappa shape index (κ3) is 3.85. The van der Waals surface area contributed by atoms with Crippen molar-refractivity contribution in [1.82, 2.24) is 0 Å². The number of pyridine rings is 1. The standard InChI is InChI=1S/C18H22BrN2/c19-14-16-4-6-17(7-5-16)15-20-12-8-18(9-13-20)21-10-2-1-3-11-21/h4-9,12-13H,1-3,10-11,14-15H2/q+1. The molecule has 1 aromatic carbocycles. The van der Waals surface area contributed by atoms with E-state index < -0.39 is 0 Å². The van der Waals surface area contributed by atoms with Gasteiger partial charge in [0.1, 0.15) is 0 Å². The molecule has 2 heterocycles. The van der Waals surface area contributed by atoms with Gasteiger partial charge in [0.2, 0.25) is 0 Å². The maximum atomic E-state index is 3.48. The molecule has 110 valence electrons. The van der Waals surface area contributed by atoms with Gasteiger partial charge >= 0.3 is 0 Å². The van der Waals surface area contributed by atoms with Crippen molar-refractivity contribution in [2.75, 3.05) is 18.0 Å². The van der Waals surface area contributed by atoms with E-state index in [4.69, 9.17) is 0 Å². The zero-order chi connectivity index (χ0) is 14.5. The van der Waals surface area contributed by atoms with Crippen molar-refractivity contribution in [2.45, 2.75) is 31.1 Å². The number of nitrogens with zero attached hydrogens (tertiary/aromatic N) is 2. The van der Waals surface area contributed by atoms with E-state index >= 15 is 0 Å². The van der Waals surface area contributed by atoms with Crippen molar-refractivity contribution < 1.29 is 4.57 Å². The van der Waals surface area contributed by atoms with Gasteiger partial charge in [0.25, 0.3) is 0 Å². The van der Waals surface area contributed by atoms with E-state index in [0.29, 0.717) is 0 Å². The Morgan fingerprint density at radius 3 is 2.10 bits per heavy atom. The summed E-state index contributed by atoms with van der Waals surface area (Å²) >= 11 is 3.48. The van der Waals surface area contributed by atoms with Crippen molar-refractivity contribution >= 4 is 21.6 Å². The maximum Gasteiger partial charge on any atom is 0.173 e. The third-order valence-electron chi connectivity index (χ3n) is 4.14. The first-order valence-corrected chi connectivity index (χ1v) is 8.85. The number of piperidine rings is 1.